The molecule has 1 fully saturated rings. The molecule has 0 aliphatic carbocycles. The summed E-state index contributed by atoms with van der Waals surface area (Å²) in [6.07, 6.45) is 5.71. The van der Waals surface area contributed by atoms with Crippen molar-refractivity contribution in [3.8, 4) is 5.75 Å². The monoisotopic (exact) mass is 504 g/mol. The van der Waals surface area contributed by atoms with E-state index in [2.05, 4.69) is 11.9 Å². The zero-order valence-corrected chi connectivity index (χ0v) is 22.1. The number of carbonyl (C=O) groups excluding carboxylic acids is 2. The number of fused-ring (bicyclic) bond motifs is 1. The van der Waals surface area contributed by atoms with Gasteiger partial charge in [-0.25, -0.2) is 4.98 Å². The number of benzene rings is 1. The van der Waals surface area contributed by atoms with Crippen molar-refractivity contribution in [2.75, 3.05) is 33.8 Å². The second kappa shape index (κ2) is 11.6. The molecule has 3 aromatic rings. The number of amides is 1. The van der Waals surface area contributed by atoms with E-state index < -0.39 is 17.7 Å². The first-order valence-electron chi connectivity index (χ1n) is 12.9. The van der Waals surface area contributed by atoms with Crippen molar-refractivity contribution in [2.24, 2.45) is 0 Å². The van der Waals surface area contributed by atoms with Gasteiger partial charge in [0, 0.05) is 12.7 Å². The summed E-state index contributed by atoms with van der Waals surface area (Å²) in [5, 5.41) is 11.5. The number of unbranched alkanes of at least 4 members (excludes halogenated alkanes) is 2. The lowest BCUT2D eigenvalue weighted by molar-refractivity contribution is -0.139. The van der Waals surface area contributed by atoms with E-state index in [0.29, 0.717) is 36.6 Å². The highest BCUT2D eigenvalue weighted by atomic mass is 16.5. The molecule has 1 N–H and O–H groups in total. The van der Waals surface area contributed by atoms with Crippen LogP contribution in [0.2, 0.25) is 0 Å². The van der Waals surface area contributed by atoms with Crippen LogP contribution in [0.15, 0.2) is 54.2 Å². The fourth-order valence-corrected chi connectivity index (χ4v) is 4.83. The Morgan fingerprint density at radius 3 is 2.54 bits per heavy atom. The second-order valence-electron chi connectivity index (χ2n) is 9.75. The maximum atomic E-state index is 13.4. The molecule has 37 heavy (non-hydrogen) atoms. The molecule has 8 nitrogen and oxygen atoms in total. The number of nitrogens with zero attached hydrogens (tertiary/aromatic N) is 4. The normalized spacial score (nSPS) is 17.3. The number of rotatable bonds is 11. The van der Waals surface area contributed by atoms with Crippen molar-refractivity contribution in [1.82, 2.24) is 19.2 Å². The van der Waals surface area contributed by atoms with Crippen molar-refractivity contribution in [3.63, 3.8) is 0 Å². The highest BCUT2D eigenvalue weighted by molar-refractivity contribution is 6.46. The maximum Gasteiger partial charge on any atom is 0.295 e. The molecule has 4 rings (SSSR count). The standard InChI is InChI=1S/C29H36N4O4/c1-5-6-9-19-37-22-14-12-21(13-15-22)26-24(28(35)29(36)33(26)18-10-16-31(3)4)27(34)25-20(2)30-23-11-7-8-17-32(23)25/h7-8,11-15,17,26,34H,5-6,9-10,16,18-19H2,1-4H3. The first-order valence-corrected chi connectivity index (χ1v) is 12.9. The third-order valence-electron chi connectivity index (χ3n) is 6.69. The molecule has 1 atom stereocenters. The molecule has 196 valence electrons. The Balaban J connectivity index is 1.75. The fourth-order valence-electron chi connectivity index (χ4n) is 4.83. The highest BCUT2D eigenvalue weighted by Gasteiger charge is 2.46. The fraction of sp³-hybridized carbons (Fsp3) is 0.414. The number of imidazole rings is 1. The Hall–Kier alpha value is -3.65. The molecule has 3 heterocycles. The number of ketones is 1. The van der Waals surface area contributed by atoms with Crippen LogP contribution in [0.25, 0.3) is 11.4 Å². The van der Waals surface area contributed by atoms with Gasteiger partial charge in [-0.3, -0.25) is 14.0 Å². The number of likely N-dealkylation sites (tertiary alicyclic amines) is 1. The molecule has 1 saturated heterocycles. The van der Waals surface area contributed by atoms with E-state index in [4.69, 9.17) is 4.74 Å². The van der Waals surface area contributed by atoms with Crippen molar-refractivity contribution < 1.29 is 19.4 Å². The van der Waals surface area contributed by atoms with Gasteiger partial charge in [0.15, 0.2) is 5.76 Å². The molecular weight excluding hydrogens is 468 g/mol. The number of hydrogen-bond donors (Lipinski definition) is 1. The molecule has 1 aliphatic rings. The van der Waals surface area contributed by atoms with Crippen LogP contribution in [-0.4, -0.2) is 69.8 Å². The van der Waals surface area contributed by atoms with Gasteiger partial charge >= 0.3 is 0 Å². The first kappa shape index (κ1) is 26.4. The molecule has 1 aliphatic heterocycles. The summed E-state index contributed by atoms with van der Waals surface area (Å²) in [5.74, 6) is -0.759. The Kier molecular flexibility index (Phi) is 8.28. The Morgan fingerprint density at radius 1 is 1.08 bits per heavy atom. The van der Waals surface area contributed by atoms with E-state index in [0.717, 1.165) is 37.1 Å². The average molecular weight is 505 g/mol. The van der Waals surface area contributed by atoms with E-state index in [9.17, 15) is 14.7 Å². The summed E-state index contributed by atoms with van der Waals surface area (Å²) in [6, 6.07) is 12.3. The van der Waals surface area contributed by atoms with Crippen molar-refractivity contribution in [2.45, 2.75) is 45.6 Å². The smallest absolute Gasteiger partial charge is 0.295 e. The zero-order valence-electron chi connectivity index (χ0n) is 22.1. The minimum atomic E-state index is -0.704. The molecule has 1 unspecified atom stereocenters. The van der Waals surface area contributed by atoms with Gasteiger partial charge in [-0.05, 0) is 70.2 Å². The van der Waals surface area contributed by atoms with Gasteiger partial charge in [0.25, 0.3) is 11.7 Å². The van der Waals surface area contributed by atoms with Crippen LogP contribution < -0.4 is 4.74 Å². The summed E-state index contributed by atoms with van der Waals surface area (Å²) in [4.78, 5) is 34.8. The van der Waals surface area contributed by atoms with E-state index in [1.54, 1.807) is 22.4 Å². The topological polar surface area (TPSA) is 87.4 Å². The molecule has 0 radical (unpaired) electrons. The van der Waals surface area contributed by atoms with Gasteiger partial charge in [-0.15, -0.1) is 0 Å². The number of aliphatic hydroxyl groups excluding tert-OH is 1. The van der Waals surface area contributed by atoms with E-state index in [1.165, 1.54) is 0 Å². The van der Waals surface area contributed by atoms with Crippen LogP contribution in [-0.2, 0) is 9.59 Å². The highest BCUT2D eigenvalue weighted by Crippen LogP contribution is 2.40. The van der Waals surface area contributed by atoms with Gasteiger partial charge in [-0.2, -0.15) is 0 Å². The lowest BCUT2D eigenvalue weighted by Gasteiger charge is -2.26. The van der Waals surface area contributed by atoms with Crippen LogP contribution >= 0.6 is 0 Å². The average Bonchev–Trinajstić information content (AvgIpc) is 3.35. The third-order valence-corrected chi connectivity index (χ3v) is 6.69. The molecule has 0 saturated carbocycles. The SMILES string of the molecule is CCCCCOc1ccc(C2C(=C(O)c3c(C)nc4ccccn34)C(=O)C(=O)N2CCCN(C)C)cc1. The summed E-state index contributed by atoms with van der Waals surface area (Å²) in [6.45, 7) is 5.75. The van der Waals surface area contributed by atoms with Crippen molar-refractivity contribution >= 4 is 23.1 Å². The number of pyridine rings is 1. The van der Waals surface area contributed by atoms with Crippen LogP contribution in [0.5, 0.6) is 5.75 Å². The molecule has 2 aromatic heterocycles. The summed E-state index contributed by atoms with van der Waals surface area (Å²) >= 11 is 0. The number of aryl methyl sites for hydroxylation is 1. The second-order valence-corrected chi connectivity index (χ2v) is 9.75. The van der Waals surface area contributed by atoms with E-state index in [1.807, 2.05) is 61.5 Å². The van der Waals surface area contributed by atoms with Crippen molar-refractivity contribution in [1.29, 1.82) is 0 Å². The number of aromatic nitrogens is 2. The zero-order chi connectivity index (χ0) is 26.5. The third kappa shape index (κ3) is 5.54. The minimum Gasteiger partial charge on any atom is -0.505 e. The van der Waals surface area contributed by atoms with Crippen LogP contribution in [0.3, 0.4) is 0 Å². The Morgan fingerprint density at radius 2 is 1.84 bits per heavy atom. The maximum absolute atomic E-state index is 13.4. The molecule has 1 amide bonds. The first-order chi connectivity index (χ1) is 17.8. The van der Waals surface area contributed by atoms with Crippen molar-refractivity contribution in [3.05, 3.63) is 71.2 Å². The number of ether oxygens (including phenoxy) is 1. The Labute approximate surface area is 218 Å². The molecule has 1 aromatic carbocycles. The van der Waals surface area contributed by atoms with Gasteiger partial charge in [-0.1, -0.05) is 38.0 Å². The number of Topliss-reactive ketones (excluding diaryl/α,β-unsaturated/α-hetero) is 1. The summed E-state index contributed by atoms with van der Waals surface area (Å²) in [5.41, 5.74) is 2.49. The van der Waals surface area contributed by atoms with E-state index in [-0.39, 0.29) is 11.3 Å². The predicted octanol–water partition coefficient (Wildman–Crippen LogP) is 4.59. The Bertz CT molecular complexity index is 1290. The predicted molar refractivity (Wildman–Crippen MR) is 144 cm³/mol. The van der Waals surface area contributed by atoms with E-state index >= 15 is 0 Å². The minimum absolute atomic E-state index is 0.0835. The van der Waals surface area contributed by atoms with Gasteiger partial charge in [0.05, 0.1) is 23.9 Å². The lowest BCUT2D eigenvalue weighted by atomic mass is 9.96. The molecular formula is C29H36N4O4. The van der Waals surface area contributed by atoms with Crippen LogP contribution in [0, 0.1) is 6.92 Å². The largest absolute Gasteiger partial charge is 0.505 e. The summed E-state index contributed by atoms with van der Waals surface area (Å²) in [7, 11) is 3.94. The van der Waals surface area contributed by atoms with Gasteiger partial charge in [0.2, 0.25) is 0 Å². The number of aliphatic hydroxyl groups is 1. The number of carbonyl (C=O) groups is 2. The van der Waals surface area contributed by atoms with Crippen LogP contribution in [0.4, 0.5) is 0 Å². The molecule has 0 spiro atoms. The van der Waals surface area contributed by atoms with Gasteiger partial charge in [0.1, 0.15) is 17.1 Å². The number of hydrogen-bond acceptors (Lipinski definition) is 6. The quantitative estimate of drug-likeness (QED) is 0.178. The molecule has 0 bridgehead atoms. The lowest BCUT2D eigenvalue weighted by Crippen LogP contribution is -2.32. The summed E-state index contributed by atoms with van der Waals surface area (Å²) < 4.78 is 7.60. The van der Waals surface area contributed by atoms with Crippen LogP contribution in [0.1, 0.15) is 55.6 Å². The molecule has 8 heteroatoms. The van der Waals surface area contributed by atoms with Gasteiger partial charge < -0.3 is 19.6 Å².